The third kappa shape index (κ3) is 4.59. The maximum atomic E-state index is 13.3. The van der Waals surface area contributed by atoms with Crippen LogP contribution >= 0.6 is 15.9 Å². The molecule has 1 fully saturated rings. The average Bonchev–Trinajstić information content (AvgIpc) is 3.08. The lowest BCUT2D eigenvalue weighted by atomic mass is 10.1. The highest BCUT2D eigenvalue weighted by atomic mass is 79.9. The number of ether oxygens (including phenoxy) is 2. The van der Waals surface area contributed by atoms with Gasteiger partial charge in [0.15, 0.2) is 9.84 Å². The number of sulfone groups is 1. The summed E-state index contributed by atoms with van der Waals surface area (Å²) in [6.07, 6.45) is 0.818. The highest BCUT2D eigenvalue weighted by Crippen LogP contribution is 2.31. The number of hydrogen-bond donors (Lipinski definition) is 0. The van der Waals surface area contributed by atoms with E-state index in [4.69, 9.17) is 9.47 Å². The first kappa shape index (κ1) is 21.6. The first-order valence-corrected chi connectivity index (χ1v) is 11.8. The second kappa shape index (κ2) is 9.17. The summed E-state index contributed by atoms with van der Waals surface area (Å²) in [5, 5.41) is -0.973. The van der Waals surface area contributed by atoms with Gasteiger partial charge < -0.3 is 9.47 Å². The van der Waals surface area contributed by atoms with E-state index >= 15 is 0 Å². The fourth-order valence-electron chi connectivity index (χ4n) is 3.53. The minimum Gasteiger partial charge on any atom is -0.497 e. The molecular formula is C21H24BrNO5S. The summed E-state index contributed by atoms with van der Waals surface area (Å²) in [6.45, 7) is 2.05. The molecule has 6 nitrogen and oxygen atoms in total. The Morgan fingerprint density at radius 3 is 2.62 bits per heavy atom. The van der Waals surface area contributed by atoms with Crippen LogP contribution in [0.15, 0.2) is 57.9 Å². The predicted molar refractivity (Wildman–Crippen MR) is 114 cm³/mol. The van der Waals surface area contributed by atoms with Gasteiger partial charge >= 0.3 is 6.09 Å². The molecule has 8 heteroatoms. The molecule has 0 spiro atoms. The molecule has 0 saturated carbocycles. The number of methoxy groups -OCH3 is 1. The van der Waals surface area contributed by atoms with Crippen molar-refractivity contribution in [1.82, 2.24) is 4.90 Å². The topological polar surface area (TPSA) is 72.9 Å². The van der Waals surface area contributed by atoms with E-state index in [1.807, 2.05) is 25.1 Å². The van der Waals surface area contributed by atoms with Crippen molar-refractivity contribution in [2.45, 2.75) is 42.5 Å². The van der Waals surface area contributed by atoms with Crippen molar-refractivity contribution in [3.63, 3.8) is 0 Å². The van der Waals surface area contributed by atoms with Gasteiger partial charge in [-0.1, -0.05) is 47.5 Å². The first-order valence-electron chi connectivity index (χ1n) is 9.45. The maximum Gasteiger partial charge on any atom is 0.411 e. The van der Waals surface area contributed by atoms with E-state index in [1.54, 1.807) is 37.4 Å². The van der Waals surface area contributed by atoms with Crippen LogP contribution < -0.4 is 4.74 Å². The second-order valence-electron chi connectivity index (χ2n) is 6.90. The molecular weight excluding hydrogens is 458 g/mol. The summed E-state index contributed by atoms with van der Waals surface area (Å²) in [6, 6.07) is 13.5. The van der Waals surface area contributed by atoms with Gasteiger partial charge in [-0.15, -0.1) is 0 Å². The zero-order chi connectivity index (χ0) is 21.0. The van der Waals surface area contributed by atoms with Crippen LogP contribution in [-0.4, -0.2) is 44.5 Å². The summed E-state index contributed by atoms with van der Waals surface area (Å²) in [5.74, 6) is 0.696. The Kier molecular flexibility index (Phi) is 6.85. The molecule has 0 aliphatic carbocycles. The Balaban J connectivity index is 1.95. The van der Waals surface area contributed by atoms with Crippen molar-refractivity contribution >= 4 is 31.9 Å². The molecule has 156 valence electrons. The van der Waals surface area contributed by atoms with E-state index in [2.05, 4.69) is 15.9 Å². The Bertz CT molecular complexity index is 964. The molecule has 29 heavy (non-hydrogen) atoms. The Morgan fingerprint density at radius 1 is 1.24 bits per heavy atom. The van der Waals surface area contributed by atoms with Gasteiger partial charge in [0.2, 0.25) is 0 Å². The van der Waals surface area contributed by atoms with Crippen molar-refractivity contribution in [2.24, 2.45) is 0 Å². The summed E-state index contributed by atoms with van der Waals surface area (Å²) >= 11 is 3.53. The molecule has 3 rings (SSSR count). The quantitative estimate of drug-likeness (QED) is 0.557. The van der Waals surface area contributed by atoms with Crippen LogP contribution in [0.5, 0.6) is 5.75 Å². The lowest BCUT2D eigenvalue weighted by molar-refractivity contribution is 0.152. The summed E-state index contributed by atoms with van der Waals surface area (Å²) in [7, 11) is -2.15. The Morgan fingerprint density at radius 2 is 1.97 bits per heavy atom. The van der Waals surface area contributed by atoms with Crippen molar-refractivity contribution < 1.29 is 22.7 Å². The van der Waals surface area contributed by atoms with Crippen LogP contribution in [0.1, 0.15) is 25.3 Å². The van der Waals surface area contributed by atoms with Crippen molar-refractivity contribution in [3.05, 3.63) is 58.6 Å². The normalized spacial score (nSPS) is 17.8. The molecule has 2 unspecified atom stereocenters. The van der Waals surface area contributed by atoms with E-state index in [0.717, 1.165) is 10.0 Å². The average molecular weight is 482 g/mol. The van der Waals surface area contributed by atoms with Gasteiger partial charge in [-0.2, -0.15) is 0 Å². The number of hydrogen-bond acceptors (Lipinski definition) is 5. The number of carbonyl (C=O) groups excluding carboxylic acids is 1. The molecule has 1 amide bonds. The third-order valence-electron chi connectivity index (χ3n) is 4.99. The lowest BCUT2D eigenvalue weighted by Crippen LogP contribution is -2.47. The van der Waals surface area contributed by atoms with Crippen LogP contribution in [0.3, 0.4) is 0 Å². The molecule has 0 aromatic heterocycles. The zero-order valence-electron chi connectivity index (χ0n) is 16.4. The molecule has 2 atom stereocenters. The number of cyclic esters (lactones) is 1. The van der Waals surface area contributed by atoms with Crippen LogP contribution in [-0.2, 0) is 21.0 Å². The van der Waals surface area contributed by atoms with Crippen LogP contribution in [0, 0.1) is 0 Å². The van der Waals surface area contributed by atoms with Crippen LogP contribution in [0.25, 0.3) is 0 Å². The number of halogens is 1. The van der Waals surface area contributed by atoms with Gasteiger partial charge in [-0.25, -0.2) is 13.2 Å². The van der Waals surface area contributed by atoms with Crippen LogP contribution in [0.2, 0.25) is 0 Å². The SMILES string of the molecule is CCCC(N1C(=O)OCC1Cc1cc(OC)ccc1Br)S(=O)(=O)c1ccccc1. The predicted octanol–water partition coefficient (Wildman–Crippen LogP) is 4.42. The number of nitrogens with zero attached hydrogens (tertiary/aromatic N) is 1. The number of carbonyl (C=O) groups is 1. The number of benzene rings is 2. The van der Waals surface area contributed by atoms with Crippen molar-refractivity contribution in [2.75, 3.05) is 13.7 Å². The number of amides is 1. The smallest absolute Gasteiger partial charge is 0.411 e. The number of rotatable bonds is 8. The monoisotopic (exact) mass is 481 g/mol. The van der Waals surface area contributed by atoms with Crippen molar-refractivity contribution in [3.8, 4) is 5.75 Å². The van der Waals surface area contributed by atoms with E-state index in [0.29, 0.717) is 25.0 Å². The largest absolute Gasteiger partial charge is 0.497 e. The molecule has 1 aliphatic rings. The highest BCUT2D eigenvalue weighted by molar-refractivity contribution is 9.10. The maximum absolute atomic E-state index is 13.3. The van der Waals surface area contributed by atoms with Gasteiger partial charge in [0.25, 0.3) is 0 Å². The highest BCUT2D eigenvalue weighted by Gasteiger charge is 2.44. The third-order valence-corrected chi connectivity index (χ3v) is 7.87. The molecule has 0 radical (unpaired) electrons. The van der Waals surface area contributed by atoms with E-state index < -0.39 is 21.3 Å². The fraction of sp³-hybridized carbons (Fsp3) is 0.381. The molecule has 1 aliphatic heterocycles. The second-order valence-corrected chi connectivity index (χ2v) is 9.86. The van der Waals surface area contributed by atoms with Gasteiger partial charge in [-0.05, 0) is 48.7 Å². The van der Waals surface area contributed by atoms with E-state index in [-0.39, 0.29) is 17.5 Å². The summed E-state index contributed by atoms with van der Waals surface area (Å²) < 4.78 is 38.1. The van der Waals surface area contributed by atoms with Gasteiger partial charge in [0.1, 0.15) is 17.7 Å². The van der Waals surface area contributed by atoms with Crippen LogP contribution in [0.4, 0.5) is 4.79 Å². The molecule has 1 heterocycles. The molecule has 2 aromatic rings. The van der Waals surface area contributed by atoms with Gasteiger partial charge in [-0.3, -0.25) is 4.90 Å². The van der Waals surface area contributed by atoms with E-state index in [1.165, 1.54) is 4.90 Å². The minimum absolute atomic E-state index is 0.146. The molecule has 1 saturated heterocycles. The minimum atomic E-state index is -3.74. The van der Waals surface area contributed by atoms with Gasteiger partial charge in [0.05, 0.1) is 18.0 Å². The van der Waals surface area contributed by atoms with Gasteiger partial charge in [0, 0.05) is 4.47 Å². The lowest BCUT2D eigenvalue weighted by Gasteiger charge is -2.30. The molecule has 0 bridgehead atoms. The Labute approximate surface area is 179 Å². The zero-order valence-corrected chi connectivity index (χ0v) is 18.8. The fourth-order valence-corrected chi connectivity index (χ4v) is 5.89. The van der Waals surface area contributed by atoms with E-state index in [9.17, 15) is 13.2 Å². The first-order chi connectivity index (χ1) is 13.9. The molecule has 0 N–H and O–H groups in total. The Hall–Kier alpha value is -2.06. The standard InChI is InChI=1S/C21H24BrNO5S/c1-3-7-20(29(25,26)18-8-5-4-6-9-18)23-16(14-28-21(23)24)12-15-13-17(27-2)10-11-19(15)22/h4-6,8-11,13,16,20H,3,7,12,14H2,1-2H3. The van der Waals surface area contributed by atoms with Crippen molar-refractivity contribution in [1.29, 1.82) is 0 Å². The molecule has 2 aromatic carbocycles. The summed E-state index contributed by atoms with van der Waals surface area (Å²) in [4.78, 5) is 14.2. The summed E-state index contributed by atoms with van der Waals surface area (Å²) in [5.41, 5.74) is 0.921.